The van der Waals surface area contributed by atoms with Gasteiger partial charge < -0.3 is 10.0 Å². The SMILES string of the molecule is Cc1cccnc1CN(C)CC1(O)CCCN(Cc2cccc(F)c2F)C1=O. The number of benzene rings is 1. The third-order valence-corrected chi connectivity index (χ3v) is 5.17. The number of likely N-dealkylation sites (tertiary alicyclic amines) is 1. The zero-order valence-corrected chi connectivity index (χ0v) is 16.2. The lowest BCUT2D eigenvalue weighted by molar-refractivity contribution is -0.160. The Hall–Kier alpha value is -2.38. The van der Waals surface area contributed by atoms with Gasteiger partial charge in [0.25, 0.3) is 5.91 Å². The van der Waals surface area contributed by atoms with Crippen LogP contribution in [0.3, 0.4) is 0 Å². The Balaban J connectivity index is 1.69. The Morgan fingerprint density at radius 1 is 1.29 bits per heavy atom. The van der Waals surface area contributed by atoms with Gasteiger partial charge in [0.1, 0.15) is 0 Å². The number of hydrogen-bond acceptors (Lipinski definition) is 4. The van der Waals surface area contributed by atoms with Crippen LogP contribution in [0.5, 0.6) is 0 Å². The van der Waals surface area contributed by atoms with Gasteiger partial charge in [-0.25, -0.2) is 8.78 Å². The summed E-state index contributed by atoms with van der Waals surface area (Å²) in [5, 5.41) is 11.0. The number of amides is 1. The molecule has 1 unspecified atom stereocenters. The number of hydrogen-bond donors (Lipinski definition) is 1. The highest BCUT2D eigenvalue weighted by Crippen LogP contribution is 2.26. The number of likely N-dealkylation sites (N-methyl/N-ethyl adjacent to an activating group) is 1. The van der Waals surface area contributed by atoms with Gasteiger partial charge in [-0.15, -0.1) is 0 Å². The average molecular weight is 389 g/mol. The summed E-state index contributed by atoms with van der Waals surface area (Å²) in [6.07, 6.45) is 2.64. The molecule has 1 aliphatic heterocycles. The van der Waals surface area contributed by atoms with E-state index in [0.29, 0.717) is 25.9 Å². The molecular formula is C21H25F2N3O2. The van der Waals surface area contributed by atoms with Crippen molar-refractivity contribution in [1.29, 1.82) is 0 Å². The molecule has 2 aromatic rings. The number of aromatic nitrogens is 1. The first-order valence-corrected chi connectivity index (χ1v) is 9.34. The van der Waals surface area contributed by atoms with E-state index in [4.69, 9.17) is 0 Å². The minimum Gasteiger partial charge on any atom is -0.379 e. The molecular weight excluding hydrogens is 364 g/mol. The molecule has 0 aliphatic carbocycles. The number of rotatable bonds is 6. The summed E-state index contributed by atoms with van der Waals surface area (Å²) in [5.74, 6) is -2.35. The van der Waals surface area contributed by atoms with Crippen molar-refractivity contribution in [2.24, 2.45) is 0 Å². The number of carbonyl (C=O) groups excluding carboxylic acids is 1. The molecule has 1 aliphatic rings. The van der Waals surface area contributed by atoms with E-state index in [2.05, 4.69) is 4.98 Å². The Kier molecular flexibility index (Phi) is 6.05. The molecule has 2 heterocycles. The number of nitrogens with zero attached hydrogens (tertiary/aromatic N) is 3. The first kappa shape index (κ1) is 20.4. The van der Waals surface area contributed by atoms with E-state index in [1.165, 1.54) is 17.0 Å². The van der Waals surface area contributed by atoms with Crippen molar-refractivity contribution in [2.75, 3.05) is 20.1 Å². The Morgan fingerprint density at radius 2 is 2.07 bits per heavy atom. The molecule has 0 spiro atoms. The van der Waals surface area contributed by atoms with Gasteiger partial charge >= 0.3 is 0 Å². The maximum Gasteiger partial charge on any atom is 0.256 e. The number of aliphatic hydroxyl groups is 1. The van der Waals surface area contributed by atoms with Crippen LogP contribution in [-0.2, 0) is 17.9 Å². The summed E-state index contributed by atoms with van der Waals surface area (Å²) < 4.78 is 27.4. The number of carbonyl (C=O) groups is 1. The van der Waals surface area contributed by atoms with Gasteiger partial charge in [0.05, 0.1) is 5.69 Å². The van der Waals surface area contributed by atoms with E-state index < -0.39 is 23.1 Å². The maximum atomic E-state index is 14.0. The summed E-state index contributed by atoms with van der Waals surface area (Å²) in [6.45, 7) is 2.95. The van der Waals surface area contributed by atoms with Crippen molar-refractivity contribution in [2.45, 2.75) is 38.5 Å². The van der Waals surface area contributed by atoms with E-state index in [1.807, 2.05) is 31.0 Å². The van der Waals surface area contributed by atoms with Crippen molar-refractivity contribution in [3.8, 4) is 0 Å². The molecule has 28 heavy (non-hydrogen) atoms. The molecule has 1 atom stereocenters. The molecule has 3 rings (SSSR count). The molecule has 0 saturated carbocycles. The predicted molar refractivity (Wildman–Crippen MR) is 101 cm³/mol. The molecule has 150 valence electrons. The Morgan fingerprint density at radius 3 is 2.82 bits per heavy atom. The van der Waals surface area contributed by atoms with E-state index in [1.54, 1.807) is 6.20 Å². The first-order valence-electron chi connectivity index (χ1n) is 9.34. The zero-order chi connectivity index (χ0) is 20.3. The summed E-state index contributed by atoms with van der Waals surface area (Å²) in [5.41, 5.74) is 0.476. The third-order valence-electron chi connectivity index (χ3n) is 5.17. The summed E-state index contributed by atoms with van der Waals surface area (Å²) in [7, 11) is 1.82. The van der Waals surface area contributed by atoms with Crippen molar-refractivity contribution < 1.29 is 18.7 Å². The second-order valence-electron chi connectivity index (χ2n) is 7.51. The first-order chi connectivity index (χ1) is 13.3. The summed E-state index contributed by atoms with van der Waals surface area (Å²) in [6, 6.07) is 7.74. The maximum absolute atomic E-state index is 14.0. The van der Waals surface area contributed by atoms with Crippen molar-refractivity contribution in [3.63, 3.8) is 0 Å². The van der Waals surface area contributed by atoms with Crippen LogP contribution in [0.4, 0.5) is 8.78 Å². The van der Waals surface area contributed by atoms with Crippen LogP contribution in [0.25, 0.3) is 0 Å². The highest BCUT2D eigenvalue weighted by molar-refractivity contribution is 5.86. The van der Waals surface area contributed by atoms with Crippen LogP contribution in [-0.4, -0.2) is 51.5 Å². The van der Waals surface area contributed by atoms with E-state index >= 15 is 0 Å². The van der Waals surface area contributed by atoms with E-state index in [9.17, 15) is 18.7 Å². The van der Waals surface area contributed by atoms with Gasteiger partial charge in [-0.1, -0.05) is 18.2 Å². The Labute approximate surface area is 163 Å². The highest BCUT2D eigenvalue weighted by atomic mass is 19.2. The van der Waals surface area contributed by atoms with Crippen LogP contribution in [0, 0.1) is 18.6 Å². The molecule has 1 fully saturated rings. The predicted octanol–water partition coefficient (Wildman–Crippen LogP) is 2.65. The fourth-order valence-electron chi connectivity index (χ4n) is 3.68. The van der Waals surface area contributed by atoms with Gasteiger partial charge in [0, 0.05) is 37.9 Å². The number of halogens is 2. The topological polar surface area (TPSA) is 56.7 Å². The van der Waals surface area contributed by atoms with E-state index in [-0.39, 0.29) is 18.7 Å². The lowest BCUT2D eigenvalue weighted by Gasteiger charge is -2.40. The van der Waals surface area contributed by atoms with E-state index in [0.717, 1.165) is 17.3 Å². The molecule has 1 N–H and O–H groups in total. The normalized spacial score (nSPS) is 20.1. The number of pyridine rings is 1. The fourth-order valence-corrected chi connectivity index (χ4v) is 3.68. The molecule has 1 amide bonds. The van der Waals surface area contributed by atoms with Gasteiger partial charge in [-0.2, -0.15) is 0 Å². The monoisotopic (exact) mass is 389 g/mol. The van der Waals surface area contributed by atoms with Crippen molar-refractivity contribution in [3.05, 3.63) is 65.0 Å². The zero-order valence-electron chi connectivity index (χ0n) is 16.2. The fraction of sp³-hybridized carbons (Fsp3) is 0.429. The van der Waals surface area contributed by atoms with Crippen LogP contribution in [0.1, 0.15) is 29.7 Å². The summed E-state index contributed by atoms with van der Waals surface area (Å²) in [4.78, 5) is 20.5. The quantitative estimate of drug-likeness (QED) is 0.825. The molecule has 1 aromatic heterocycles. The molecule has 0 bridgehead atoms. The number of aryl methyl sites for hydroxylation is 1. The van der Waals surface area contributed by atoms with Crippen LogP contribution in [0.15, 0.2) is 36.5 Å². The molecule has 7 heteroatoms. The van der Waals surface area contributed by atoms with Gasteiger partial charge in [-0.05, 0) is 44.5 Å². The third kappa shape index (κ3) is 4.36. The second kappa shape index (κ2) is 8.32. The van der Waals surface area contributed by atoms with Crippen molar-refractivity contribution in [1.82, 2.24) is 14.8 Å². The minimum atomic E-state index is -1.56. The van der Waals surface area contributed by atoms with Gasteiger partial charge in [0.15, 0.2) is 17.2 Å². The second-order valence-corrected chi connectivity index (χ2v) is 7.51. The smallest absolute Gasteiger partial charge is 0.256 e. The van der Waals surface area contributed by atoms with Crippen LogP contribution < -0.4 is 0 Å². The molecule has 1 saturated heterocycles. The van der Waals surface area contributed by atoms with Crippen molar-refractivity contribution >= 4 is 5.91 Å². The molecule has 0 radical (unpaired) electrons. The summed E-state index contributed by atoms with van der Waals surface area (Å²) >= 11 is 0. The average Bonchev–Trinajstić information content (AvgIpc) is 2.64. The lowest BCUT2D eigenvalue weighted by Crippen LogP contribution is -2.57. The highest BCUT2D eigenvalue weighted by Gasteiger charge is 2.43. The largest absolute Gasteiger partial charge is 0.379 e. The lowest BCUT2D eigenvalue weighted by atomic mass is 9.90. The van der Waals surface area contributed by atoms with Crippen LogP contribution >= 0.6 is 0 Å². The van der Waals surface area contributed by atoms with Crippen LogP contribution in [0.2, 0.25) is 0 Å². The van der Waals surface area contributed by atoms with Gasteiger partial charge in [-0.3, -0.25) is 14.7 Å². The molecule has 5 nitrogen and oxygen atoms in total. The Bertz CT molecular complexity index is 861. The number of piperidine rings is 1. The standard InChI is InChI=1S/C21H25F2N3O2/c1-15-6-4-10-24-18(15)13-25(2)14-21(28)9-5-11-26(20(21)27)12-16-7-3-8-17(22)19(16)23/h3-4,6-8,10,28H,5,9,11-14H2,1-2H3. The minimum absolute atomic E-state index is 0.0617. The molecule has 1 aromatic carbocycles. The van der Waals surface area contributed by atoms with Gasteiger partial charge in [0.2, 0.25) is 0 Å².